The number of hydrogen-bond donors (Lipinski definition) is 1. The average Bonchev–Trinajstić information content (AvgIpc) is 2.68. The van der Waals surface area contributed by atoms with Crippen molar-refractivity contribution in [2.75, 3.05) is 6.54 Å². The first-order chi connectivity index (χ1) is 6.77. The number of likely N-dealkylation sites (N-methyl/N-ethyl adjacent to an activating group) is 1. The summed E-state index contributed by atoms with van der Waals surface area (Å²) in [6.45, 7) is 7.73. The molecule has 1 N–H and O–H groups in total. The van der Waals surface area contributed by atoms with E-state index >= 15 is 0 Å². The molecule has 1 heterocycles. The van der Waals surface area contributed by atoms with Gasteiger partial charge in [-0.25, -0.2) is 0 Å². The van der Waals surface area contributed by atoms with Crippen molar-refractivity contribution in [2.24, 2.45) is 5.92 Å². The maximum Gasteiger partial charge on any atom is 0.0935 e. The summed E-state index contributed by atoms with van der Waals surface area (Å²) in [5, 5.41) is 3.53. The first kappa shape index (κ1) is 11.3. The van der Waals surface area contributed by atoms with Crippen molar-refractivity contribution < 1.29 is 4.42 Å². The minimum absolute atomic E-state index is 0.572. The Hall–Kier alpha value is -0.760. The van der Waals surface area contributed by atoms with Crippen LogP contribution in [0.25, 0.3) is 0 Å². The Bertz CT molecular complexity index is 230. The third-order valence-electron chi connectivity index (χ3n) is 2.83. The van der Waals surface area contributed by atoms with Gasteiger partial charge in [-0.1, -0.05) is 27.2 Å². The van der Waals surface area contributed by atoms with Gasteiger partial charge in [0, 0.05) is 6.04 Å². The van der Waals surface area contributed by atoms with Gasteiger partial charge in [0.25, 0.3) is 0 Å². The second-order valence-corrected chi connectivity index (χ2v) is 3.89. The van der Waals surface area contributed by atoms with Gasteiger partial charge in [0.15, 0.2) is 0 Å². The second kappa shape index (κ2) is 5.86. The molecule has 0 saturated carbocycles. The van der Waals surface area contributed by atoms with Crippen molar-refractivity contribution in [1.82, 2.24) is 5.32 Å². The summed E-state index contributed by atoms with van der Waals surface area (Å²) in [7, 11) is 0. The predicted octanol–water partition coefficient (Wildman–Crippen LogP) is 2.85. The molecule has 0 amide bonds. The smallest absolute Gasteiger partial charge is 0.0935 e. The molecule has 2 heteroatoms. The van der Waals surface area contributed by atoms with Gasteiger partial charge in [-0.05, 0) is 30.5 Å². The van der Waals surface area contributed by atoms with E-state index in [4.69, 9.17) is 4.42 Å². The lowest BCUT2D eigenvalue weighted by molar-refractivity contribution is 0.370. The molecule has 2 unspecified atom stereocenters. The minimum atomic E-state index is 0.572. The van der Waals surface area contributed by atoms with Crippen LogP contribution in [-0.2, 0) is 6.42 Å². The van der Waals surface area contributed by atoms with E-state index in [1.165, 1.54) is 12.0 Å². The standard InChI is InChI=1S/C12H21NO/c1-4-10(3)12(13-5-2)8-11-6-7-14-9-11/h6-7,9-10,12-13H,4-5,8H2,1-3H3. The van der Waals surface area contributed by atoms with Crippen molar-refractivity contribution in [3.8, 4) is 0 Å². The van der Waals surface area contributed by atoms with Gasteiger partial charge in [0.1, 0.15) is 0 Å². The van der Waals surface area contributed by atoms with E-state index in [1.807, 2.05) is 12.3 Å². The summed E-state index contributed by atoms with van der Waals surface area (Å²) in [6.07, 6.45) is 5.87. The van der Waals surface area contributed by atoms with Crippen LogP contribution in [0.4, 0.5) is 0 Å². The van der Waals surface area contributed by atoms with E-state index in [0.717, 1.165) is 13.0 Å². The van der Waals surface area contributed by atoms with Crippen LogP contribution in [0.15, 0.2) is 23.0 Å². The maximum atomic E-state index is 5.08. The van der Waals surface area contributed by atoms with Crippen LogP contribution >= 0.6 is 0 Å². The van der Waals surface area contributed by atoms with Gasteiger partial charge in [0.2, 0.25) is 0 Å². The average molecular weight is 195 g/mol. The molecule has 0 saturated heterocycles. The topological polar surface area (TPSA) is 25.2 Å². The SMILES string of the molecule is CCNC(Cc1ccoc1)C(C)CC. The van der Waals surface area contributed by atoms with Crippen molar-refractivity contribution >= 4 is 0 Å². The van der Waals surface area contributed by atoms with Crippen LogP contribution in [0.3, 0.4) is 0 Å². The molecule has 2 nitrogen and oxygen atoms in total. The highest BCUT2D eigenvalue weighted by Crippen LogP contribution is 2.13. The number of furan rings is 1. The zero-order chi connectivity index (χ0) is 10.4. The van der Waals surface area contributed by atoms with E-state index in [2.05, 4.69) is 26.1 Å². The third-order valence-corrected chi connectivity index (χ3v) is 2.83. The van der Waals surface area contributed by atoms with Gasteiger partial charge in [0.05, 0.1) is 12.5 Å². The molecule has 14 heavy (non-hydrogen) atoms. The van der Waals surface area contributed by atoms with Gasteiger partial charge in [-0.15, -0.1) is 0 Å². The van der Waals surface area contributed by atoms with E-state index in [0.29, 0.717) is 12.0 Å². The second-order valence-electron chi connectivity index (χ2n) is 3.89. The van der Waals surface area contributed by atoms with Gasteiger partial charge >= 0.3 is 0 Å². The van der Waals surface area contributed by atoms with Gasteiger partial charge in [-0.2, -0.15) is 0 Å². The van der Waals surface area contributed by atoms with Crippen LogP contribution in [0, 0.1) is 5.92 Å². The monoisotopic (exact) mass is 195 g/mol. The highest BCUT2D eigenvalue weighted by atomic mass is 16.3. The molecule has 1 aromatic heterocycles. The molecule has 0 radical (unpaired) electrons. The number of nitrogens with one attached hydrogen (secondary N) is 1. The molecule has 0 aromatic carbocycles. The Morgan fingerprint density at radius 2 is 2.21 bits per heavy atom. The largest absolute Gasteiger partial charge is 0.472 e. The Balaban J connectivity index is 2.50. The molecule has 80 valence electrons. The van der Waals surface area contributed by atoms with E-state index in [9.17, 15) is 0 Å². The quantitative estimate of drug-likeness (QED) is 0.755. The van der Waals surface area contributed by atoms with E-state index in [-0.39, 0.29) is 0 Å². The third kappa shape index (κ3) is 3.18. The van der Waals surface area contributed by atoms with Crippen molar-refractivity contribution in [1.29, 1.82) is 0 Å². The zero-order valence-corrected chi connectivity index (χ0v) is 9.42. The van der Waals surface area contributed by atoms with Crippen LogP contribution in [0.5, 0.6) is 0 Å². The Labute approximate surface area is 86.7 Å². The minimum Gasteiger partial charge on any atom is -0.472 e. The predicted molar refractivity (Wildman–Crippen MR) is 59.3 cm³/mol. The summed E-state index contributed by atoms with van der Waals surface area (Å²) in [5.74, 6) is 0.713. The van der Waals surface area contributed by atoms with Crippen molar-refractivity contribution in [2.45, 2.75) is 39.7 Å². The van der Waals surface area contributed by atoms with Crippen LogP contribution in [0.2, 0.25) is 0 Å². The van der Waals surface area contributed by atoms with Gasteiger partial charge < -0.3 is 9.73 Å². The normalized spacial score (nSPS) is 15.4. The fraction of sp³-hybridized carbons (Fsp3) is 0.667. The zero-order valence-electron chi connectivity index (χ0n) is 9.42. The molecular weight excluding hydrogens is 174 g/mol. The summed E-state index contributed by atoms with van der Waals surface area (Å²) >= 11 is 0. The molecule has 0 aliphatic carbocycles. The molecule has 0 bridgehead atoms. The van der Waals surface area contributed by atoms with Crippen LogP contribution < -0.4 is 5.32 Å². The lowest BCUT2D eigenvalue weighted by atomic mass is 9.94. The van der Waals surface area contributed by atoms with Gasteiger partial charge in [-0.3, -0.25) is 0 Å². The first-order valence-electron chi connectivity index (χ1n) is 5.52. The Morgan fingerprint density at radius 3 is 2.71 bits per heavy atom. The lowest BCUT2D eigenvalue weighted by Gasteiger charge is -2.23. The summed E-state index contributed by atoms with van der Waals surface area (Å²) in [6, 6.07) is 2.62. The fourth-order valence-corrected chi connectivity index (χ4v) is 1.68. The molecule has 0 aliphatic heterocycles. The molecule has 0 fully saturated rings. The maximum absolute atomic E-state index is 5.08. The fourth-order valence-electron chi connectivity index (χ4n) is 1.68. The summed E-state index contributed by atoms with van der Waals surface area (Å²) in [5.41, 5.74) is 1.29. The van der Waals surface area contributed by atoms with Crippen LogP contribution in [-0.4, -0.2) is 12.6 Å². The van der Waals surface area contributed by atoms with Crippen molar-refractivity contribution in [3.63, 3.8) is 0 Å². The Morgan fingerprint density at radius 1 is 1.43 bits per heavy atom. The molecule has 0 aliphatic rings. The first-order valence-corrected chi connectivity index (χ1v) is 5.52. The van der Waals surface area contributed by atoms with E-state index in [1.54, 1.807) is 6.26 Å². The highest BCUT2D eigenvalue weighted by Gasteiger charge is 2.15. The lowest BCUT2D eigenvalue weighted by Crippen LogP contribution is -2.36. The van der Waals surface area contributed by atoms with Crippen LogP contribution in [0.1, 0.15) is 32.8 Å². The van der Waals surface area contributed by atoms with E-state index < -0.39 is 0 Å². The number of rotatable bonds is 6. The molecular formula is C12H21NO. The molecule has 1 aromatic rings. The summed E-state index contributed by atoms with van der Waals surface area (Å²) in [4.78, 5) is 0. The highest BCUT2D eigenvalue weighted by molar-refractivity contribution is 5.07. The van der Waals surface area contributed by atoms with Crippen molar-refractivity contribution in [3.05, 3.63) is 24.2 Å². The summed E-state index contributed by atoms with van der Waals surface area (Å²) < 4.78 is 5.08. The molecule has 2 atom stereocenters. The molecule has 0 spiro atoms. The Kier molecular flexibility index (Phi) is 4.74. The molecule has 1 rings (SSSR count). The number of hydrogen-bond acceptors (Lipinski definition) is 2.